The third-order valence-electron chi connectivity index (χ3n) is 6.44. The van der Waals surface area contributed by atoms with E-state index >= 15 is 0 Å². The third kappa shape index (κ3) is 5.30. The maximum absolute atomic E-state index is 13.9. The maximum Gasteiger partial charge on any atom is 0.338 e. The first-order valence-corrected chi connectivity index (χ1v) is 13.4. The minimum absolute atomic E-state index is 0.0967. The van der Waals surface area contributed by atoms with E-state index in [1.54, 1.807) is 73.7 Å². The highest BCUT2D eigenvalue weighted by Crippen LogP contribution is 2.37. The molecule has 3 aromatic carbocycles. The van der Waals surface area contributed by atoms with Crippen molar-refractivity contribution in [3.8, 4) is 11.5 Å². The smallest absolute Gasteiger partial charge is 0.338 e. The fraction of sp³-hybridized carbons (Fsp3) is 0.167. The molecular formula is C30H24ClFN2O5S. The lowest BCUT2D eigenvalue weighted by Crippen LogP contribution is -2.40. The molecule has 2 heterocycles. The van der Waals surface area contributed by atoms with Gasteiger partial charge in [0.05, 0.1) is 30.0 Å². The second-order valence-corrected chi connectivity index (χ2v) is 10.4. The van der Waals surface area contributed by atoms with Gasteiger partial charge in [0.2, 0.25) is 0 Å². The van der Waals surface area contributed by atoms with E-state index in [1.807, 2.05) is 0 Å². The van der Waals surface area contributed by atoms with Crippen molar-refractivity contribution in [2.45, 2.75) is 19.6 Å². The lowest BCUT2D eigenvalue weighted by atomic mass is 9.95. The van der Waals surface area contributed by atoms with Gasteiger partial charge in [0.1, 0.15) is 30.0 Å². The lowest BCUT2D eigenvalue weighted by Gasteiger charge is -2.25. The third-order valence-corrected chi connectivity index (χ3v) is 7.66. The molecule has 1 aromatic heterocycles. The van der Waals surface area contributed by atoms with Crippen molar-refractivity contribution >= 4 is 35.0 Å². The summed E-state index contributed by atoms with van der Waals surface area (Å²) in [7, 11) is 2.79. The summed E-state index contributed by atoms with van der Waals surface area (Å²) >= 11 is 7.52. The fourth-order valence-electron chi connectivity index (χ4n) is 4.49. The summed E-state index contributed by atoms with van der Waals surface area (Å²) in [6.07, 6.45) is 1.74. The van der Waals surface area contributed by atoms with Crippen LogP contribution < -0.4 is 24.4 Å². The molecule has 10 heteroatoms. The van der Waals surface area contributed by atoms with Gasteiger partial charge in [-0.15, -0.1) is 0 Å². The van der Waals surface area contributed by atoms with Crippen LogP contribution >= 0.6 is 22.9 Å². The summed E-state index contributed by atoms with van der Waals surface area (Å²) in [6, 6.07) is 17.7. The summed E-state index contributed by atoms with van der Waals surface area (Å²) in [5.41, 5.74) is 2.07. The van der Waals surface area contributed by atoms with Crippen LogP contribution in [0.5, 0.6) is 11.5 Å². The van der Waals surface area contributed by atoms with Crippen LogP contribution in [0.15, 0.2) is 87.8 Å². The van der Waals surface area contributed by atoms with Crippen LogP contribution in [0.2, 0.25) is 5.02 Å². The highest BCUT2D eigenvalue weighted by molar-refractivity contribution is 7.07. The molecular weight excluding hydrogens is 555 g/mol. The Hall–Kier alpha value is -4.21. The van der Waals surface area contributed by atoms with Crippen LogP contribution in [0.25, 0.3) is 6.08 Å². The Bertz CT molecular complexity index is 1810. The van der Waals surface area contributed by atoms with E-state index in [2.05, 4.69) is 4.99 Å². The molecule has 1 aliphatic heterocycles. The van der Waals surface area contributed by atoms with Crippen molar-refractivity contribution in [3.63, 3.8) is 0 Å². The number of aromatic nitrogens is 1. The van der Waals surface area contributed by atoms with Gasteiger partial charge in [-0.3, -0.25) is 9.36 Å². The van der Waals surface area contributed by atoms with Crippen molar-refractivity contribution < 1.29 is 23.4 Å². The number of nitrogens with zero attached hydrogens (tertiary/aromatic N) is 2. The molecule has 0 saturated carbocycles. The van der Waals surface area contributed by atoms with E-state index in [0.29, 0.717) is 42.7 Å². The van der Waals surface area contributed by atoms with Gasteiger partial charge in [-0.1, -0.05) is 53.3 Å². The van der Waals surface area contributed by atoms with E-state index in [4.69, 9.17) is 25.8 Å². The Labute approximate surface area is 238 Å². The highest BCUT2D eigenvalue weighted by Gasteiger charge is 2.35. The average Bonchev–Trinajstić information content (AvgIpc) is 3.26. The van der Waals surface area contributed by atoms with Crippen molar-refractivity contribution in [1.29, 1.82) is 0 Å². The van der Waals surface area contributed by atoms with Gasteiger partial charge >= 0.3 is 5.97 Å². The summed E-state index contributed by atoms with van der Waals surface area (Å²) < 4.78 is 32.1. The van der Waals surface area contributed by atoms with Crippen molar-refractivity contribution in [2.75, 3.05) is 14.2 Å². The molecule has 1 aliphatic rings. The summed E-state index contributed by atoms with van der Waals surface area (Å²) in [5.74, 6) is 0.0987. The molecule has 0 unspecified atom stereocenters. The first-order chi connectivity index (χ1) is 19.3. The van der Waals surface area contributed by atoms with Crippen LogP contribution in [0.4, 0.5) is 4.39 Å². The molecule has 0 fully saturated rings. The molecule has 0 aliphatic carbocycles. The number of hydrogen-bond acceptors (Lipinski definition) is 7. The van der Waals surface area contributed by atoms with Gasteiger partial charge in [0, 0.05) is 16.1 Å². The van der Waals surface area contributed by atoms with E-state index in [0.717, 1.165) is 5.56 Å². The molecule has 40 heavy (non-hydrogen) atoms. The van der Waals surface area contributed by atoms with Gasteiger partial charge in [-0.2, -0.15) is 0 Å². The Morgan fingerprint density at radius 1 is 1.12 bits per heavy atom. The van der Waals surface area contributed by atoms with Crippen LogP contribution in [0, 0.1) is 5.82 Å². The van der Waals surface area contributed by atoms with Crippen LogP contribution in [-0.2, 0) is 16.1 Å². The van der Waals surface area contributed by atoms with Gasteiger partial charge in [0.15, 0.2) is 4.80 Å². The first-order valence-electron chi connectivity index (χ1n) is 12.2. The number of halogens is 2. The van der Waals surface area contributed by atoms with Crippen molar-refractivity contribution in [3.05, 3.63) is 125 Å². The van der Waals surface area contributed by atoms with Gasteiger partial charge in [-0.25, -0.2) is 14.2 Å². The average molecular weight is 579 g/mol. The number of methoxy groups -OCH3 is 2. The number of carbonyl (C=O) groups excluding carboxylic acids is 1. The molecule has 0 saturated heterocycles. The standard InChI is InChI=1S/C30H24ClFN2O5S/c1-17-26(29(36)38-3)27(22-15-20(31)10-13-24(22)37-2)34-28(35)25(40-30(34)33-17)14-18-8-11-21(12-9-18)39-16-19-6-4-5-7-23(19)32/h4-15,27H,16H2,1-3H3/b25-14-/t27-/m1/s1. The monoisotopic (exact) mass is 578 g/mol. The zero-order chi connectivity index (χ0) is 28.4. The van der Waals surface area contributed by atoms with Gasteiger partial charge in [-0.05, 0) is 55.0 Å². The second kappa shape index (κ2) is 11.5. The Morgan fingerprint density at radius 3 is 2.58 bits per heavy atom. The Balaban J connectivity index is 1.54. The topological polar surface area (TPSA) is 79.1 Å². The van der Waals surface area contributed by atoms with E-state index < -0.39 is 12.0 Å². The Kier molecular flexibility index (Phi) is 7.86. The molecule has 0 radical (unpaired) electrons. The summed E-state index contributed by atoms with van der Waals surface area (Å²) in [6.45, 7) is 1.80. The van der Waals surface area contributed by atoms with E-state index in [9.17, 15) is 14.0 Å². The molecule has 1 atom stereocenters. The minimum atomic E-state index is -0.853. The number of fused-ring (bicyclic) bond motifs is 1. The molecule has 204 valence electrons. The minimum Gasteiger partial charge on any atom is -0.496 e. The Morgan fingerprint density at radius 2 is 1.88 bits per heavy atom. The van der Waals surface area contributed by atoms with E-state index in [-0.39, 0.29) is 23.6 Å². The number of ether oxygens (including phenoxy) is 3. The molecule has 4 aromatic rings. The summed E-state index contributed by atoms with van der Waals surface area (Å²) in [4.78, 5) is 31.7. The normalized spacial score (nSPS) is 14.9. The van der Waals surface area contributed by atoms with E-state index in [1.165, 1.54) is 36.2 Å². The zero-order valence-electron chi connectivity index (χ0n) is 21.8. The highest BCUT2D eigenvalue weighted by atomic mass is 35.5. The molecule has 0 spiro atoms. The number of hydrogen-bond donors (Lipinski definition) is 0. The molecule has 0 bridgehead atoms. The van der Waals surface area contributed by atoms with Crippen molar-refractivity contribution in [2.24, 2.45) is 4.99 Å². The maximum atomic E-state index is 13.9. The lowest BCUT2D eigenvalue weighted by molar-refractivity contribution is -0.136. The second-order valence-electron chi connectivity index (χ2n) is 8.91. The predicted molar refractivity (Wildman–Crippen MR) is 151 cm³/mol. The number of thiazole rings is 1. The number of esters is 1. The number of allylic oxidation sites excluding steroid dienone is 1. The van der Waals surface area contributed by atoms with Gasteiger partial charge in [0.25, 0.3) is 5.56 Å². The first kappa shape index (κ1) is 27.4. The quantitative estimate of drug-likeness (QED) is 0.295. The number of carbonyl (C=O) groups is 1. The largest absolute Gasteiger partial charge is 0.496 e. The predicted octanol–water partition coefficient (Wildman–Crippen LogP) is 4.79. The van der Waals surface area contributed by atoms with Crippen molar-refractivity contribution in [1.82, 2.24) is 4.57 Å². The van der Waals surface area contributed by atoms with Crippen LogP contribution in [0.1, 0.15) is 29.7 Å². The zero-order valence-corrected chi connectivity index (χ0v) is 23.4. The fourth-order valence-corrected chi connectivity index (χ4v) is 5.72. The van der Waals surface area contributed by atoms with Crippen LogP contribution in [-0.4, -0.2) is 24.8 Å². The van der Waals surface area contributed by atoms with Gasteiger partial charge < -0.3 is 14.2 Å². The number of rotatable bonds is 7. The molecule has 0 amide bonds. The van der Waals surface area contributed by atoms with Crippen LogP contribution in [0.3, 0.4) is 0 Å². The molecule has 0 N–H and O–H groups in total. The molecule has 7 nitrogen and oxygen atoms in total. The SMILES string of the molecule is COC(=O)C1=C(C)N=c2s/c(=C\c3ccc(OCc4ccccc4F)cc3)c(=O)n2[C@@H]1c1cc(Cl)ccc1OC. The molecule has 5 rings (SSSR count). The summed E-state index contributed by atoms with van der Waals surface area (Å²) in [5, 5.41) is 0.425. The number of benzene rings is 3.